The average Bonchev–Trinajstić information content (AvgIpc) is 3.44. The van der Waals surface area contributed by atoms with Crippen LogP contribution in [0.2, 0.25) is 0 Å². The van der Waals surface area contributed by atoms with Crippen LogP contribution >= 0.6 is 0 Å². The second-order valence-corrected chi connectivity index (χ2v) is 7.18. The zero-order valence-corrected chi connectivity index (χ0v) is 15.8. The fourth-order valence-corrected chi connectivity index (χ4v) is 4.01. The van der Waals surface area contributed by atoms with E-state index in [2.05, 4.69) is 26.7 Å². The minimum atomic E-state index is -0.275. The molecule has 4 heterocycles. The smallest absolute Gasteiger partial charge is 0.415 e. The van der Waals surface area contributed by atoms with Gasteiger partial charge in [0.25, 0.3) is 0 Å². The van der Waals surface area contributed by atoms with Gasteiger partial charge in [-0.2, -0.15) is 0 Å². The molecule has 9 nitrogen and oxygen atoms in total. The molecule has 0 unspecified atom stereocenters. The molecule has 1 amide bonds. The van der Waals surface area contributed by atoms with Gasteiger partial charge in [-0.1, -0.05) is 11.3 Å². The van der Waals surface area contributed by atoms with E-state index in [1.54, 1.807) is 17.3 Å². The molecule has 0 saturated carbocycles. The maximum atomic E-state index is 12.3. The van der Waals surface area contributed by atoms with Crippen LogP contribution in [0.3, 0.4) is 0 Å². The summed E-state index contributed by atoms with van der Waals surface area (Å²) in [5.74, 6) is 0.625. The summed E-state index contributed by atoms with van der Waals surface area (Å²) in [7, 11) is 1.86. The Morgan fingerprint density at radius 3 is 2.86 bits per heavy atom. The molecule has 1 saturated heterocycles. The van der Waals surface area contributed by atoms with Crippen molar-refractivity contribution in [2.45, 2.75) is 25.2 Å². The van der Waals surface area contributed by atoms with Crippen molar-refractivity contribution in [2.24, 2.45) is 0 Å². The number of carbonyl (C=O) groups excluding carboxylic acids is 1. The van der Waals surface area contributed by atoms with Crippen molar-refractivity contribution in [2.75, 3.05) is 18.5 Å². The lowest BCUT2D eigenvalue weighted by atomic mass is 10.0. The second kappa shape index (κ2) is 6.94. The van der Waals surface area contributed by atoms with Gasteiger partial charge in [0.05, 0.1) is 24.5 Å². The summed E-state index contributed by atoms with van der Waals surface area (Å²) in [5.41, 5.74) is 4.56. The van der Waals surface area contributed by atoms with Crippen molar-refractivity contribution >= 4 is 11.8 Å². The van der Waals surface area contributed by atoms with Gasteiger partial charge in [0.1, 0.15) is 11.8 Å². The second-order valence-electron chi connectivity index (χ2n) is 7.18. The van der Waals surface area contributed by atoms with E-state index in [4.69, 9.17) is 9.84 Å². The number of nitrogens with zero attached hydrogens (tertiary/aromatic N) is 5. The number of likely N-dealkylation sites (N-methyl/N-ethyl adjacent to an activating group) is 1. The highest BCUT2D eigenvalue weighted by atomic mass is 16.6. The lowest BCUT2D eigenvalue weighted by Gasteiger charge is -2.16. The van der Waals surface area contributed by atoms with Gasteiger partial charge in [-0.05, 0) is 48.9 Å². The predicted molar refractivity (Wildman–Crippen MR) is 105 cm³/mol. The molecule has 2 N–H and O–H groups in total. The number of hydrogen-bond donors (Lipinski definition) is 2. The highest BCUT2D eigenvalue weighted by molar-refractivity contribution is 5.94. The molecule has 0 spiro atoms. The SMILES string of the molecule is CNC[C@@H]1OC(=O)N2c3ccc(-c4ccc(-n5cc(CO)nn5)nc4)cc3C[C@@H]12. The van der Waals surface area contributed by atoms with Crippen LogP contribution in [0.4, 0.5) is 10.5 Å². The first-order valence-corrected chi connectivity index (χ1v) is 9.44. The van der Waals surface area contributed by atoms with E-state index < -0.39 is 0 Å². The third-order valence-electron chi connectivity index (χ3n) is 5.40. The Labute approximate surface area is 166 Å². The van der Waals surface area contributed by atoms with Crippen LogP contribution in [0, 0.1) is 0 Å². The number of amides is 1. The van der Waals surface area contributed by atoms with E-state index in [0.717, 1.165) is 28.8 Å². The number of aliphatic hydroxyl groups excluding tert-OH is 1. The number of aromatic nitrogens is 4. The number of hydrogen-bond acceptors (Lipinski definition) is 7. The fourth-order valence-electron chi connectivity index (χ4n) is 4.01. The molecular formula is C20H20N6O3. The summed E-state index contributed by atoms with van der Waals surface area (Å²) in [6, 6.07) is 9.96. The number of carbonyl (C=O) groups is 1. The van der Waals surface area contributed by atoms with E-state index in [1.807, 2.05) is 31.3 Å². The van der Waals surface area contributed by atoms with Crippen LogP contribution in [-0.4, -0.2) is 56.9 Å². The fraction of sp³-hybridized carbons (Fsp3) is 0.300. The minimum Gasteiger partial charge on any atom is -0.442 e. The van der Waals surface area contributed by atoms with Crippen molar-refractivity contribution in [1.82, 2.24) is 25.3 Å². The number of nitrogens with one attached hydrogen (secondary N) is 1. The highest BCUT2D eigenvalue weighted by Gasteiger charge is 2.47. The van der Waals surface area contributed by atoms with Crippen LogP contribution in [0.5, 0.6) is 0 Å². The lowest BCUT2D eigenvalue weighted by Crippen LogP contribution is -2.38. The summed E-state index contributed by atoms with van der Waals surface area (Å²) >= 11 is 0. The quantitative estimate of drug-likeness (QED) is 0.674. The zero-order chi connectivity index (χ0) is 20.0. The Kier molecular flexibility index (Phi) is 4.26. The number of ether oxygens (including phenoxy) is 1. The predicted octanol–water partition coefficient (Wildman–Crippen LogP) is 1.29. The monoisotopic (exact) mass is 392 g/mol. The van der Waals surface area contributed by atoms with Crippen LogP contribution in [0.1, 0.15) is 11.3 Å². The van der Waals surface area contributed by atoms with Crippen molar-refractivity contribution < 1.29 is 14.6 Å². The van der Waals surface area contributed by atoms with Gasteiger partial charge < -0.3 is 15.2 Å². The Balaban J connectivity index is 1.41. The standard InChI is InChI=1S/C20H20N6O3/c1-21-9-18-17-7-14-6-12(2-4-16(14)26(17)20(28)29-18)13-3-5-19(22-8-13)25-10-15(11-27)23-24-25/h2-6,8,10,17-18,21,27H,7,9,11H2,1H3/t17-,18-/m0/s1. The summed E-state index contributed by atoms with van der Waals surface area (Å²) in [5, 5.41) is 20.0. The van der Waals surface area contributed by atoms with Gasteiger partial charge >= 0.3 is 6.09 Å². The van der Waals surface area contributed by atoms with Gasteiger partial charge in [-0.25, -0.2) is 14.5 Å². The average molecular weight is 392 g/mol. The molecule has 2 aromatic heterocycles. The Hall–Kier alpha value is -3.30. The molecule has 0 aliphatic carbocycles. The van der Waals surface area contributed by atoms with E-state index in [0.29, 0.717) is 18.1 Å². The molecule has 3 aromatic rings. The Bertz CT molecular complexity index is 1060. The maximum absolute atomic E-state index is 12.3. The number of cyclic esters (lactones) is 1. The zero-order valence-electron chi connectivity index (χ0n) is 15.8. The molecule has 1 aromatic carbocycles. The number of rotatable bonds is 5. The number of pyridine rings is 1. The Morgan fingerprint density at radius 1 is 1.28 bits per heavy atom. The first-order chi connectivity index (χ1) is 14.2. The largest absolute Gasteiger partial charge is 0.442 e. The molecule has 2 atom stereocenters. The number of fused-ring (bicyclic) bond motifs is 3. The summed E-state index contributed by atoms with van der Waals surface area (Å²) in [6.45, 7) is 0.480. The molecule has 2 aliphatic rings. The van der Waals surface area contributed by atoms with Crippen molar-refractivity contribution in [3.05, 3.63) is 54.0 Å². The van der Waals surface area contributed by atoms with Crippen molar-refractivity contribution in [1.29, 1.82) is 0 Å². The molecule has 2 aliphatic heterocycles. The molecule has 1 fully saturated rings. The molecular weight excluding hydrogens is 372 g/mol. The lowest BCUT2D eigenvalue weighted by molar-refractivity contribution is 0.131. The Morgan fingerprint density at radius 2 is 2.14 bits per heavy atom. The van der Waals surface area contributed by atoms with E-state index in [-0.39, 0.29) is 24.8 Å². The van der Waals surface area contributed by atoms with Gasteiger partial charge in [-0.3, -0.25) is 4.90 Å². The minimum absolute atomic E-state index is 0.0359. The van der Waals surface area contributed by atoms with E-state index >= 15 is 0 Å². The number of benzene rings is 1. The highest BCUT2D eigenvalue weighted by Crippen LogP contribution is 2.40. The summed E-state index contributed by atoms with van der Waals surface area (Å²) in [4.78, 5) is 18.5. The first-order valence-electron chi connectivity index (χ1n) is 9.44. The van der Waals surface area contributed by atoms with Crippen molar-refractivity contribution in [3.63, 3.8) is 0 Å². The van der Waals surface area contributed by atoms with E-state index in [1.165, 1.54) is 4.68 Å². The van der Waals surface area contributed by atoms with Crippen LogP contribution in [0.15, 0.2) is 42.7 Å². The summed E-state index contributed by atoms with van der Waals surface area (Å²) < 4.78 is 7.02. The maximum Gasteiger partial charge on any atom is 0.415 e. The first kappa shape index (κ1) is 17.8. The van der Waals surface area contributed by atoms with Gasteiger partial charge in [0.15, 0.2) is 5.82 Å². The van der Waals surface area contributed by atoms with Crippen LogP contribution in [0.25, 0.3) is 16.9 Å². The number of anilines is 1. The van der Waals surface area contributed by atoms with Gasteiger partial charge in [-0.15, -0.1) is 5.10 Å². The molecule has 0 radical (unpaired) electrons. The van der Waals surface area contributed by atoms with E-state index in [9.17, 15) is 4.79 Å². The van der Waals surface area contributed by atoms with Gasteiger partial charge in [0, 0.05) is 18.3 Å². The number of aliphatic hydroxyl groups is 1. The molecule has 29 heavy (non-hydrogen) atoms. The molecule has 5 rings (SSSR count). The normalized spacial score (nSPS) is 19.9. The van der Waals surface area contributed by atoms with Crippen LogP contribution < -0.4 is 10.2 Å². The third-order valence-corrected chi connectivity index (χ3v) is 5.40. The van der Waals surface area contributed by atoms with Crippen LogP contribution in [-0.2, 0) is 17.8 Å². The molecule has 148 valence electrons. The molecule has 9 heteroatoms. The topological polar surface area (TPSA) is 105 Å². The summed E-state index contributed by atoms with van der Waals surface area (Å²) in [6.07, 6.45) is 3.78. The van der Waals surface area contributed by atoms with Crippen molar-refractivity contribution in [3.8, 4) is 16.9 Å². The molecule has 0 bridgehead atoms. The van der Waals surface area contributed by atoms with Gasteiger partial charge in [0.2, 0.25) is 0 Å². The third kappa shape index (κ3) is 2.95.